The highest BCUT2D eigenvalue weighted by atomic mass is 32.2. The van der Waals surface area contributed by atoms with Crippen LogP contribution in [-0.4, -0.2) is 49.7 Å². The molecular formula is C19H25N3O6S. The molecule has 0 atom stereocenters. The van der Waals surface area contributed by atoms with Gasteiger partial charge >= 0.3 is 0 Å². The zero-order valence-electron chi connectivity index (χ0n) is 17.0. The van der Waals surface area contributed by atoms with Crippen LogP contribution in [0.15, 0.2) is 35.2 Å². The van der Waals surface area contributed by atoms with Crippen molar-refractivity contribution in [2.45, 2.75) is 11.3 Å². The second kappa shape index (κ2) is 9.01. The fourth-order valence-corrected chi connectivity index (χ4v) is 3.39. The second-order valence-electron chi connectivity index (χ2n) is 6.34. The molecule has 0 aromatic heterocycles. The Morgan fingerprint density at radius 3 is 2.21 bits per heavy atom. The Hall–Kier alpha value is -2.98. The number of hydrogen-bond acceptors (Lipinski definition) is 7. The first-order valence-corrected chi connectivity index (χ1v) is 10.1. The largest absolute Gasteiger partial charge is 0.493 e. The first kappa shape index (κ1) is 22.3. The maximum atomic E-state index is 12.7. The summed E-state index contributed by atoms with van der Waals surface area (Å²) in [5.41, 5.74) is 1.53. The molecule has 0 spiro atoms. The van der Waals surface area contributed by atoms with Gasteiger partial charge in [0.1, 0.15) is 0 Å². The van der Waals surface area contributed by atoms with Gasteiger partial charge in [-0.3, -0.25) is 4.79 Å². The summed E-state index contributed by atoms with van der Waals surface area (Å²) in [7, 11) is 4.10. The van der Waals surface area contributed by atoms with Gasteiger partial charge in [0, 0.05) is 19.7 Å². The molecule has 0 fully saturated rings. The molecule has 0 aliphatic carbocycles. The molecule has 158 valence electrons. The van der Waals surface area contributed by atoms with Crippen LogP contribution in [0.3, 0.4) is 0 Å². The molecule has 0 heterocycles. The van der Waals surface area contributed by atoms with E-state index in [9.17, 15) is 13.2 Å². The lowest BCUT2D eigenvalue weighted by atomic mass is 10.1. The van der Waals surface area contributed by atoms with Crippen molar-refractivity contribution < 1.29 is 27.4 Å². The fourth-order valence-electron chi connectivity index (χ4n) is 2.85. The van der Waals surface area contributed by atoms with Crippen LogP contribution in [0.25, 0.3) is 0 Å². The van der Waals surface area contributed by atoms with Crippen LogP contribution in [-0.2, 0) is 21.2 Å². The third-order valence-corrected chi connectivity index (χ3v) is 5.10. The maximum Gasteiger partial charge on any atom is 0.238 e. The molecule has 0 saturated carbocycles. The number of ether oxygens (including phenoxy) is 3. The summed E-state index contributed by atoms with van der Waals surface area (Å²) in [6.45, 7) is 0. The SMILES string of the molecule is COc1ccc(CC(=O)Nc2cc(S(N)(=O)=O)ccc2N(C)C)c(OC)c1OC. The van der Waals surface area contributed by atoms with E-state index < -0.39 is 10.0 Å². The molecule has 0 aliphatic rings. The van der Waals surface area contributed by atoms with Gasteiger partial charge in [0.2, 0.25) is 21.7 Å². The number of methoxy groups -OCH3 is 3. The van der Waals surface area contributed by atoms with Crippen molar-refractivity contribution >= 4 is 27.3 Å². The molecule has 9 nitrogen and oxygen atoms in total. The van der Waals surface area contributed by atoms with Crippen molar-refractivity contribution in [2.75, 3.05) is 45.6 Å². The molecule has 3 N–H and O–H groups in total. The van der Waals surface area contributed by atoms with E-state index >= 15 is 0 Å². The van der Waals surface area contributed by atoms with E-state index in [0.717, 1.165) is 0 Å². The first-order chi connectivity index (χ1) is 13.6. The van der Waals surface area contributed by atoms with E-state index in [2.05, 4.69) is 5.32 Å². The van der Waals surface area contributed by atoms with E-state index in [-0.39, 0.29) is 17.2 Å². The molecule has 2 rings (SSSR count). The van der Waals surface area contributed by atoms with Crippen molar-refractivity contribution in [3.05, 3.63) is 35.9 Å². The van der Waals surface area contributed by atoms with Gasteiger partial charge in [0.25, 0.3) is 0 Å². The number of sulfonamides is 1. The van der Waals surface area contributed by atoms with Crippen LogP contribution in [0.2, 0.25) is 0 Å². The molecule has 1 amide bonds. The summed E-state index contributed by atoms with van der Waals surface area (Å²) in [5, 5.41) is 7.95. The Labute approximate surface area is 170 Å². The van der Waals surface area contributed by atoms with Gasteiger partial charge < -0.3 is 24.4 Å². The molecule has 0 saturated heterocycles. The fraction of sp³-hybridized carbons (Fsp3) is 0.316. The lowest BCUT2D eigenvalue weighted by molar-refractivity contribution is -0.115. The van der Waals surface area contributed by atoms with Crippen LogP contribution < -0.4 is 29.6 Å². The normalized spacial score (nSPS) is 11.0. The summed E-state index contributed by atoms with van der Waals surface area (Å²) in [6.07, 6.45) is -0.0317. The van der Waals surface area contributed by atoms with Crippen LogP contribution in [0.4, 0.5) is 11.4 Å². The van der Waals surface area contributed by atoms with Gasteiger partial charge in [-0.05, 0) is 24.3 Å². The van der Waals surface area contributed by atoms with Crippen molar-refractivity contribution in [2.24, 2.45) is 5.14 Å². The van der Waals surface area contributed by atoms with Crippen molar-refractivity contribution in [3.8, 4) is 17.2 Å². The van der Waals surface area contributed by atoms with E-state index in [4.69, 9.17) is 19.3 Å². The average molecular weight is 423 g/mol. The minimum absolute atomic E-state index is 0.0317. The quantitative estimate of drug-likeness (QED) is 0.662. The number of carbonyl (C=O) groups is 1. The minimum Gasteiger partial charge on any atom is -0.493 e. The number of anilines is 2. The molecule has 0 aliphatic heterocycles. The van der Waals surface area contributed by atoms with Crippen LogP contribution in [0.1, 0.15) is 5.56 Å². The predicted octanol–water partition coefficient (Wildman–Crippen LogP) is 1.61. The van der Waals surface area contributed by atoms with E-state index in [0.29, 0.717) is 34.2 Å². The standard InChI is InChI=1S/C19H25N3O6S/c1-22(2)15-8-7-13(29(20,24)25)11-14(15)21-17(23)10-12-6-9-16(26-3)19(28-5)18(12)27-4/h6-9,11H,10H2,1-5H3,(H,21,23)(H2,20,24,25). The molecule has 2 aromatic rings. The van der Waals surface area contributed by atoms with Crippen LogP contribution >= 0.6 is 0 Å². The Morgan fingerprint density at radius 1 is 1.03 bits per heavy atom. The highest BCUT2D eigenvalue weighted by molar-refractivity contribution is 7.89. The topological polar surface area (TPSA) is 120 Å². The van der Waals surface area contributed by atoms with Gasteiger partial charge in [-0.1, -0.05) is 6.07 Å². The molecule has 2 aromatic carbocycles. The van der Waals surface area contributed by atoms with Crippen molar-refractivity contribution in [1.82, 2.24) is 0 Å². The average Bonchev–Trinajstić information content (AvgIpc) is 2.66. The monoisotopic (exact) mass is 423 g/mol. The summed E-state index contributed by atoms with van der Waals surface area (Å²) in [6, 6.07) is 7.67. The zero-order chi connectivity index (χ0) is 21.8. The summed E-state index contributed by atoms with van der Waals surface area (Å²) >= 11 is 0. The van der Waals surface area contributed by atoms with Crippen molar-refractivity contribution in [3.63, 3.8) is 0 Å². The molecule has 0 radical (unpaired) electrons. The number of nitrogens with two attached hydrogens (primary N) is 1. The highest BCUT2D eigenvalue weighted by Crippen LogP contribution is 2.40. The minimum atomic E-state index is -3.91. The molecule has 0 bridgehead atoms. The Bertz CT molecular complexity index is 1010. The van der Waals surface area contributed by atoms with Crippen LogP contribution in [0, 0.1) is 0 Å². The van der Waals surface area contributed by atoms with E-state index in [1.165, 1.54) is 33.5 Å². The third kappa shape index (κ3) is 5.09. The second-order valence-corrected chi connectivity index (χ2v) is 7.90. The van der Waals surface area contributed by atoms with Gasteiger partial charge in [-0.2, -0.15) is 0 Å². The highest BCUT2D eigenvalue weighted by Gasteiger charge is 2.19. The number of carbonyl (C=O) groups excluding carboxylic acids is 1. The number of hydrogen-bond donors (Lipinski definition) is 2. The number of amides is 1. The van der Waals surface area contributed by atoms with Gasteiger partial charge in [0.05, 0.1) is 44.0 Å². The molecular weight excluding hydrogens is 398 g/mol. The van der Waals surface area contributed by atoms with Crippen molar-refractivity contribution in [1.29, 1.82) is 0 Å². The smallest absolute Gasteiger partial charge is 0.238 e. The third-order valence-electron chi connectivity index (χ3n) is 4.19. The van der Waals surface area contributed by atoms with Gasteiger partial charge in [0.15, 0.2) is 11.5 Å². The number of benzene rings is 2. The van der Waals surface area contributed by atoms with Gasteiger partial charge in [-0.25, -0.2) is 13.6 Å². The Balaban J connectivity index is 2.37. The molecule has 0 unspecified atom stereocenters. The summed E-state index contributed by atoms with van der Waals surface area (Å²) in [4.78, 5) is 14.4. The number of primary sulfonamides is 1. The summed E-state index contributed by atoms with van der Waals surface area (Å²) in [5.74, 6) is 0.869. The van der Waals surface area contributed by atoms with Gasteiger partial charge in [-0.15, -0.1) is 0 Å². The van der Waals surface area contributed by atoms with E-state index in [1.54, 1.807) is 37.2 Å². The number of rotatable bonds is 8. The Morgan fingerprint density at radius 2 is 1.69 bits per heavy atom. The Kier molecular flexibility index (Phi) is 6.93. The first-order valence-electron chi connectivity index (χ1n) is 8.54. The molecule has 10 heteroatoms. The zero-order valence-corrected chi connectivity index (χ0v) is 17.8. The lowest BCUT2D eigenvalue weighted by Gasteiger charge is -2.19. The van der Waals surface area contributed by atoms with Crippen LogP contribution in [0.5, 0.6) is 17.2 Å². The number of nitrogens with one attached hydrogen (secondary N) is 1. The maximum absolute atomic E-state index is 12.7. The lowest BCUT2D eigenvalue weighted by Crippen LogP contribution is -2.20. The summed E-state index contributed by atoms with van der Waals surface area (Å²) < 4.78 is 39.3. The van der Waals surface area contributed by atoms with E-state index in [1.807, 2.05) is 0 Å². The number of nitrogens with zero attached hydrogens (tertiary/aromatic N) is 1. The molecule has 29 heavy (non-hydrogen) atoms. The predicted molar refractivity (Wildman–Crippen MR) is 111 cm³/mol.